The summed E-state index contributed by atoms with van der Waals surface area (Å²) in [6, 6.07) is 39.1. The van der Waals surface area contributed by atoms with Gasteiger partial charge in [-0.25, -0.2) is 4.79 Å². The van der Waals surface area contributed by atoms with Crippen molar-refractivity contribution in [1.29, 1.82) is 0 Å². The third-order valence-electron chi connectivity index (χ3n) is 10.1. The third-order valence-corrected chi connectivity index (χ3v) is 10.1. The molecule has 1 saturated heterocycles. The number of carbonyl (C=O) groups is 1. The summed E-state index contributed by atoms with van der Waals surface area (Å²) >= 11 is 0. The number of carbonyl (C=O) groups excluding carboxylic acids is 1. The summed E-state index contributed by atoms with van der Waals surface area (Å²) in [6.07, 6.45) is -0.712. The molecular weight excluding hydrogens is 640 g/mol. The zero-order valence-corrected chi connectivity index (χ0v) is 30.1. The van der Waals surface area contributed by atoms with Gasteiger partial charge in [-0.15, -0.1) is 0 Å². The standard InChI is InChI=1S/C44H52O7/c1-31(2)37-25-24-32(3)26-38(37)49-44-42(51-43(45)36-22-14-7-15-23-36)41(48-29-35-20-12-6-13-21-35)40(47-28-34-18-10-5-11-19-34)39(50-44)30-46-27-33-16-8-4-9-17-33/h4-23,31-32,37-42,44H,24-30H2,1-3H3/t32-,37+,38-,39?,40+,41?,42?,44+/m0/s1. The molecule has 1 aliphatic heterocycles. The maximum absolute atomic E-state index is 13.8. The van der Waals surface area contributed by atoms with Crippen LogP contribution in [0.25, 0.3) is 0 Å². The molecule has 7 heteroatoms. The molecule has 4 aromatic carbocycles. The van der Waals surface area contributed by atoms with Crippen molar-refractivity contribution < 1.29 is 33.2 Å². The quantitative estimate of drug-likeness (QED) is 0.115. The van der Waals surface area contributed by atoms with Crippen molar-refractivity contribution in [1.82, 2.24) is 0 Å². The summed E-state index contributed by atoms with van der Waals surface area (Å²) in [7, 11) is 0. The van der Waals surface area contributed by atoms with Crippen molar-refractivity contribution in [2.75, 3.05) is 6.61 Å². The summed E-state index contributed by atoms with van der Waals surface area (Å²) in [6.45, 7) is 8.03. The molecule has 1 heterocycles. The molecule has 6 rings (SSSR count). The smallest absolute Gasteiger partial charge is 0.338 e. The maximum Gasteiger partial charge on any atom is 0.338 e. The number of hydrogen-bond donors (Lipinski definition) is 0. The second-order valence-electron chi connectivity index (χ2n) is 14.3. The first-order valence-corrected chi connectivity index (χ1v) is 18.4. The Morgan fingerprint density at radius 2 is 1.22 bits per heavy atom. The first-order valence-electron chi connectivity index (χ1n) is 18.4. The van der Waals surface area contributed by atoms with E-state index in [4.69, 9.17) is 28.4 Å². The van der Waals surface area contributed by atoms with Crippen LogP contribution in [0.3, 0.4) is 0 Å². The topological polar surface area (TPSA) is 72.5 Å². The molecule has 2 aliphatic rings. The van der Waals surface area contributed by atoms with E-state index in [0.717, 1.165) is 36.0 Å². The molecule has 3 unspecified atom stereocenters. The SMILES string of the molecule is CC(C)[C@H]1CC[C@H](C)C[C@@H]1O[C@@H]1OC(COCc2ccccc2)[C@@H](OCc2ccccc2)C(OCc2ccccc2)C1OC(=O)c1ccccc1. The van der Waals surface area contributed by atoms with Crippen LogP contribution >= 0.6 is 0 Å². The molecule has 1 saturated carbocycles. The highest BCUT2D eigenvalue weighted by Gasteiger charge is 2.52. The van der Waals surface area contributed by atoms with Gasteiger partial charge in [0.2, 0.25) is 0 Å². The van der Waals surface area contributed by atoms with E-state index in [1.807, 2.05) is 109 Å². The molecule has 51 heavy (non-hydrogen) atoms. The van der Waals surface area contributed by atoms with Crippen molar-refractivity contribution >= 4 is 5.97 Å². The van der Waals surface area contributed by atoms with Crippen LogP contribution in [0.4, 0.5) is 0 Å². The van der Waals surface area contributed by atoms with Gasteiger partial charge in [-0.2, -0.15) is 0 Å². The minimum absolute atomic E-state index is 0.0703. The van der Waals surface area contributed by atoms with E-state index in [1.54, 1.807) is 12.1 Å². The molecule has 8 atom stereocenters. The van der Waals surface area contributed by atoms with Crippen LogP contribution in [0.5, 0.6) is 0 Å². The second-order valence-corrected chi connectivity index (χ2v) is 14.3. The third kappa shape index (κ3) is 10.4. The lowest BCUT2D eigenvalue weighted by Gasteiger charge is -2.47. The molecule has 1 aliphatic carbocycles. The van der Waals surface area contributed by atoms with Crippen LogP contribution in [-0.2, 0) is 48.2 Å². The fourth-order valence-electron chi connectivity index (χ4n) is 7.25. The molecule has 4 aromatic rings. The van der Waals surface area contributed by atoms with Crippen LogP contribution < -0.4 is 0 Å². The van der Waals surface area contributed by atoms with Gasteiger partial charge < -0.3 is 28.4 Å². The van der Waals surface area contributed by atoms with Crippen molar-refractivity contribution in [3.63, 3.8) is 0 Å². The lowest BCUT2D eigenvalue weighted by atomic mass is 9.75. The van der Waals surface area contributed by atoms with Gasteiger partial charge in [0, 0.05) is 0 Å². The zero-order chi connectivity index (χ0) is 35.4. The predicted molar refractivity (Wildman–Crippen MR) is 197 cm³/mol. The van der Waals surface area contributed by atoms with Gasteiger partial charge in [-0.05, 0) is 59.4 Å². The highest BCUT2D eigenvalue weighted by atomic mass is 16.7. The average molecular weight is 693 g/mol. The molecule has 270 valence electrons. The van der Waals surface area contributed by atoms with Crippen LogP contribution in [0.1, 0.15) is 67.1 Å². The van der Waals surface area contributed by atoms with Gasteiger partial charge in [0.25, 0.3) is 0 Å². The van der Waals surface area contributed by atoms with E-state index in [1.165, 1.54) is 0 Å². The van der Waals surface area contributed by atoms with Crippen molar-refractivity contribution in [3.05, 3.63) is 144 Å². The number of hydrogen-bond acceptors (Lipinski definition) is 7. The minimum Gasteiger partial charge on any atom is -0.450 e. The summed E-state index contributed by atoms with van der Waals surface area (Å²) in [5.74, 6) is 0.812. The van der Waals surface area contributed by atoms with Gasteiger partial charge in [-0.3, -0.25) is 0 Å². The first kappa shape index (κ1) is 36.9. The molecular formula is C44H52O7. The highest BCUT2D eigenvalue weighted by molar-refractivity contribution is 5.89. The first-order chi connectivity index (χ1) is 24.9. The Morgan fingerprint density at radius 3 is 1.78 bits per heavy atom. The molecule has 0 bridgehead atoms. The minimum atomic E-state index is -0.919. The van der Waals surface area contributed by atoms with Crippen LogP contribution in [-0.4, -0.2) is 49.4 Å². The monoisotopic (exact) mass is 692 g/mol. The fourth-order valence-corrected chi connectivity index (χ4v) is 7.25. The van der Waals surface area contributed by atoms with Gasteiger partial charge in [-0.1, -0.05) is 136 Å². The summed E-state index contributed by atoms with van der Waals surface area (Å²) in [5, 5.41) is 0. The molecule has 0 radical (unpaired) electrons. The van der Waals surface area contributed by atoms with Crippen LogP contribution in [0, 0.1) is 17.8 Å². The largest absolute Gasteiger partial charge is 0.450 e. The number of ether oxygens (including phenoxy) is 6. The Morgan fingerprint density at radius 1 is 0.686 bits per heavy atom. The van der Waals surface area contributed by atoms with Crippen molar-refractivity contribution in [2.45, 2.75) is 96.7 Å². The average Bonchev–Trinajstić information content (AvgIpc) is 3.16. The van der Waals surface area contributed by atoms with E-state index in [-0.39, 0.29) is 19.3 Å². The van der Waals surface area contributed by atoms with E-state index in [2.05, 4.69) is 20.8 Å². The normalized spacial score (nSPS) is 26.5. The van der Waals surface area contributed by atoms with Crippen molar-refractivity contribution in [3.8, 4) is 0 Å². The Kier molecular flexibility index (Phi) is 13.5. The van der Waals surface area contributed by atoms with Gasteiger partial charge >= 0.3 is 5.97 Å². The predicted octanol–water partition coefficient (Wildman–Crippen LogP) is 8.80. The molecule has 0 spiro atoms. The maximum atomic E-state index is 13.8. The number of rotatable bonds is 15. The molecule has 2 fully saturated rings. The number of esters is 1. The van der Waals surface area contributed by atoms with E-state index < -0.39 is 36.7 Å². The molecule has 0 amide bonds. The lowest BCUT2D eigenvalue weighted by Crippen LogP contribution is -2.63. The highest BCUT2D eigenvalue weighted by Crippen LogP contribution is 2.39. The Labute approximate surface area is 303 Å². The summed E-state index contributed by atoms with van der Waals surface area (Å²) < 4.78 is 40.2. The molecule has 0 aromatic heterocycles. The van der Waals surface area contributed by atoms with E-state index >= 15 is 0 Å². The Balaban J connectivity index is 1.35. The van der Waals surface area contributed by atoms with E-state index in [9.17, 15) is 4.79 Å². The summed E-state index contributed by atoms with van der Waals surface area (Å²) in [4.78, 5) is 13.8. The van der Waals surface area contributed by atoms with E-state index in [0.29, 0.717) is 36.5 Å². The lowest BCUT2D eigenvalue weighted by molar-refractivity contribution is -0.332. The fraction of sp³-hybridized carbons (Fsp3) is 0.432. The molecule has 0 N–H and O–H groups in total. The van der Waals surface area contributed by atoms with Crippen LogP contribution in [0.2, 0.25) is 0 Å². The Bertz CT molecular complexity index is 1580. The van der Waals surface area contributed by atoms with Gasteiger partial charge in [0.05, 0.1) is 38.1 Å². The second kappa shape index (κ2) is 18.6. The molecule has 7 nitrogen and oxygen atoms in total. The summed E-state index contributed by atoms with van der Waals surface area (Å²) in [5.41, 5.74) is 3.51. The Hall–Kier alpha value is -3.85. The zero-order valence-electron chi connectivity index (χ0n) is 30.1. The van der Waals surface area contributed by atoms with Crippen LogP contribution in [0.15, 0.2) is 121 Å². The van der Waals surface area contributed by atoms with Gasteiger partial charge in [0.1, 0.15) is 18.3 Å². The van der Waals surface area contributed by atoms with Crippen molar-refractivity contribution in [2.24, 2.45) is 17.8 Å². The van der Waals surface area contributed by atoms with Gasteiger partial charge in [0.15, 0.2) is 12.4 Å². The number of benzene rings is 4.